The average Bonchev–Trinajstić information content (AvgIpc) is 3.00. The van der Waals surface area contributed by atoms with Crippen LogP contribution in [0.25, 0.3) is 0 Å². The van der Waals surface area contributed by atoms with Gasteiger partial charge in [-0.05, 0) is 24.3 Å². The van der Waals surface area contributed by atoms with E-state index in [9.17, 15) is 0 Å². The molecule has 0 saturated carbocycles. The van der Waals surface area contributed by atoms with E-state index in [-0.39, 0.29) is 0 Å². The minimum Gasteiger partial charge on any atom is -0.304 e. The number of aryl methyl sites for hydroxylation is 1. The van der Waals surface area contributed by atoms with Crippen molar-refractivity contribution in [1.82, 2.24) is 10.3 Å². The maximum absolute atomic E-state index is 4.38. The third-order valence-corrected chi connectivity index (χ3v) is 4.85. The number of thiazole rings is 1. The molecule has 17 heavy (non-hydrogen) atoms. The molecule has 1 atom stereocenters. The van der Waals surface area contributed by atoms with Crippen molar-refractivity contribution in [3.63, 3.8) is 0 Å². The topological polar surface area (TPSA) is 24.9 Å². The van der Waals surface area contributed by atoms with Crippen LogP contribution in [0.1, 0.15) is 41.1 Å². The summed E-state index contributed by atoms with van der Waals surface area (Å²) in [5.74, 6) is 0. The molecule has 1 unspecified atom stereocenters. The average molecular weight is 266 g/mol. The molecule has 0 amide bonds. The molecule has 2 aromatic rings. The molecule has 0 aliphatic heterocycles. The zero-order valence-corrected chi connectivity index (χ0v) is 11.9. The molecule has 0 radical (unpaired) electrons. The fourth-order valence-electron chi connectivity index (χ4n) is 1.75. The van der Waals surface area contributed by atoms with Gasteiger partial charge in [0.25, 0.3) is 0 Å². The van der Waals surface area contributed by atoms with Gasteiger partial charge in [-0.25, -0.2) is 4.98 Å². The Morgan fingerprint density at radius 1 is 1.41 bits per heavy atom. The minimum atomic E-state index is 0.474. The van der Waals surface area contributed by atoms with Crippen LogP contribution in [0.2, 0.25) is 0 Å². The summed E-state index contributed by atoms with van der Waals surface area (Å²) in [6.45, 7) is 5.30. The molecule has 0 fully saturated rings. The summed E-state index contributed by atoms with van der Waals surface area (Å²) in [5.41, 5.74) is 0. The van der Waals surface area contributed by atoms with Crippen molar-refractivity contribution in [3.05, 3.63) is 38.5 Å². The van der Waals surface area contributed by atoms with Crippen LogP contribution in [0.5, 0.6) is 0 Å². The Kier molecular flexibility index (Phi) is 4.71. The highest BCUT2D eigenvalue weighted by Crippen LogP contribution is 2.22. The third-order valence-electron chi connectivity index (χ3n) is 2.72. The van der Waals surface area contributed by atoms with Crippen molar-refractivity contribution in [2.24, 2.45) is 0 Å². The molecule has 2 aromatic heterocycles. The van der Waals surface area contributed by atoms with Crippen molar-refractivity contribution in [2.45, 2.75) is 39.3 Å². The summed E-state index contributed by atoms with van der Waals surface area (Å²) in [7, 11) is 0. The largest absolute Gasteiger partial charge is 0.304 e. The maximum atomic E-state index is 4.38. The van der Waals surface area contributed by atoms with Crippen LogP contribution >= 0.6 is 22.7 Å². The van der Waals surface area contributed by atoms with E-state index >= 15 is 0 Å². The molecule has 0 aromatic carbocycles. The number of nitrogens with zero attached hydrogens (tertiary/aromatic N) is 1. The summed E-state index contributed by atoms with van der Waals surface area (Å²) in [6, 6.07) is 4.80. The third kappa shape index (κ3) is 3.37. The van der Waals surface area contributed by atoms with Gasteiger partial charge < -0.3 is 5.32 Å². The Hall–Kier alpha value is -0.710. The Labute approximate surface area is 111 Å². The fraction of sp³-hybridized carbons (Fsp3) is 0.462. The van der Waals surface area contributed by atoms with Gasteiger partial charge in [0.05, 0.1) is 5.01 Å². The van der Waals surface area contributed by atoms with E-state index in [1.54, 1.807) is 0 Å². The molecule has 0 aliphatic rings. The smallest absolute Gasteiger partial charge is 0.0925 e. The van der Waals surface area contributed by atoms with E-state index in [0.717, 1.165) is 19.4 Å². The van der Waals surface area contributed by atoms with Gasteiger partial charge >= 0.3 is 0 Å². The number of nitrogens with one attached hydrogen (secondary N) is 1. The van der Waals surface area contributed by atoms with Gasteiger partial charge in [0.15, 0.2) is 0 Å². The first kappa shape index (κ1) is 12.7. The Morgan fingerprint density at radius 2 is 2.29 bits per heavy atom. The van der Waals surface area contributed by atoms with Gasteiger partial charge in [0, 0.05) is 28.5 Å². The lowest BCUT2D eigenvalue weighted by molar-refractivity contribution is 0.529. The summed E-state index contributed by atoms with van der Waals surface area (Å²) >= 11 is 3.64. The first-order valence-corrected chi connectivity index (χ1v) is 7.73. The Morgan fingerprint density at radius 3 is 2.88 bits per heavy atom. The standard InChI is InChI=1S/C13H18N2S2/c1-3-11(12-6-5-7-16-12)14-8-10-9-15-13(4-2)17-10/h5-7,9,11,14H,3-4,8H2,1-2H3. The van der Waals surface area contributed by atoms with E-state index in [1.165, 1.54) is 14.8 Å². The lowest BCUT2D eigenvalue weighted by Gasteiger charge is -2.14. The van der Waals surface area contributed by atoms with Crippen LogP contribution in [0, 0.1) is 0 Å². The molecule has 1 N–H and O–H groups in total. The van der Waals surface area contributed by atoms with Crippen molar-refractivity contribution in [2.75, 3.05) is 0 Å². The van der Waals surface area contributed by atoms with Gasteiger partial charge in [0.2, 0.25) is 0 Å². The van der Waals surface area contributed by atoms with Gasteiger partial charge in [-0.3, -0.25) is 0 Å². The van der Waals surface area contributed by atoms with E-state index in [0.29, 0.717) is 6.04 Å². The van der Waals surface area contributed by atoms with Gasteiger partial charge in [-0.2, -0.15) is 0 Å². The van der Waals surface area contributed by atoms with Crippen LogP contribution in [0.3, 0.4) is 0 Å². The number of hydrogen-bond acceptors (Lipinski definition) is 4. The Balaban J connectivity index is 1.92. The second-order valence-corrected chi connectivity index (χ2v) is 6.11. The van der Waals surface area contributed by atoms with Crippen LogP contribution in [0.15, 0.2) is 23.7 Å². The van der Waals surface area contributed by atoms with E-state index in [2.05, 4.69) is 41.7 Å². The predicted octanol–water partition coefficient (Wildman–Crippen LogP) is 4.01. The number of aromatic nitrogens is 1. The van der Waals surface area contributed by atoms with Crippen LogP contribution in [-0.4, -0.2) is 4.98 Å². The molecule has 2 nitrogen and oxygen atoms in total. The van der Waals surface area contributed by atoms with E-state index < -0.39 is 0 Å². The molecule has 0 aliphatic carbocycles. The van der Waals surface area contributed by atoms with Gasteiger partial charge in [-0.1, -0.05) is 19.9 Å². The molecule has 92 valence electrons. The monoisotopic (exact) mass is 266 g/mol. The highest BCUT2D eigenvalue weighted by Gasteiger charge is 2.10. The van der Waals surface area contributed by atoms with Gasteiger partial charge in [-0.15, -0.1) is 22.7 Å². The normalized spacial score (nSPS) is 12.8. The van der Waals surface area contributed by atoms with Crippen molar-refractivity contribution < 1.29 is 0 Å². The maximum Gasteiger partial charge on any atom is 0.0925 e. The second-order valence-electron chi connectivity index (χ2n) is 3.93. The number of thiophene rings is 1. The van der Waals surface area contributed by atoms with Crippen LogP contribution in [0.4, 0.5) is 0 Å². The molecule has 0 bridgehead atoms. The fourth-order valence-corrected chi connectivity index (χ4v) is 3.45. The van der Waals surface area contributed by atoms with Gasteiger partial charge in [0.1, 0.15) is 0 Å². The Bertz CT molecular complexity index is 434. The number of rotatable bonds is 6. The molecular formula is C13H18N2S2. The minimum absolute atomic E-state index is 0.474. The van der Waals surface area contributed by atoms with Crippen LogP contribution in [-0.2, 0) is 13.0 Å². The molecular weight excluding hydrogens is 248 g/mol. The zero-order valence-electron chi connectivity index (χ0n) is 10.3. The van der Waals surface area contributed by atoms with Crippen molar-refractivity contribution in [1.29, 1.82) is 0 Å². The SMILES string of the molecule is CCc1ncc(CNC(CC)c2cccs2)s1. The quantitative estimate of drug-likeness (QED) is 0.854. The first-order chi connectivity index (χ1) is 8.33. The van der Waals surface area contributed by atoms with E-state index in [4.69, 9.17) is 0 Å². The highest BCUT2D eigenvalue weighted by atomic mass is 32.1. The molecule has 4 heteroatoms. The first-order valence-electron chi connectivity index (χ1n) is 6.03. The lowest BCUT2D eigenvalue weighted by atomic mass is 10.2. The summed E-state index contributed by atoms with van der Waals surface area (Å²) in [6.07, 6.45) is 4.16. The summed E-state index contributed by atoms with van der Waals surface area (Å²) < 4.78 is 0. The summed E-state index contributed by atoms with van der Waals surface area (Å²) in [5, 5.41) is 6.97. The summed E-state index contributed by atoms with van der Waals surface area (Å²) in [4.78, 5) is 7.14. The highest BCUT2D eigenvalue weighted by molar-refractivity contribution is 7.11. The number of hydrogen-bond donors (Lipinski definition) is 1. The van der Waals surface area contributed by atoms with Crippen molar-refractivity contribution >= 4 is 22.7 Å². The molecule has 0 saturated heterocycles. The predicted molar refractivity (Wildman–Crippen MR) is 75.7 cm³/mol. The molecule has 0 spiro atoms. The molecule has 2 rings (SSSR count). The molecule has 2 heterocycles. The van der Waals surface area contributed by atoms with Crippen molar-refractivity contribution in [3.8, 4) is 0 Å². The van der Waals surface area contributed by atoms with Crippen LogP contribution < -0.4 is 5.32 Å². The zero-order chi connectivity index (χ0) is 12.1. The van der Waals surface area contributed by atoms with E-state index in [1.807, 2.05) is 28.9 Å². The second kappa shape index (κ2) is 6.28. The lowest BCUT2D eigenvalue weighted by Crippen LogP contribution is -2.18.